The van der Waals surface area contributed by atoms with Crippen molar-refractivity contribution in [3.63, 3.8) is 0 Å². The zero-order chi connectivity index (χ0) is 33.9. The molecule has 4 aromatic rings. The third-order valence-electron chi connectivity index (χ3n) is 7.67. The van der Waals surface area contributed by atoms with E-state index in [-0.39, 0.29) is 45.3 Å². The molecular weight excluding hydrogens is 646 g/mol. The molecule has 1 atom stereocenters. The largest absolute Gasteiger partial charge is 0.495 e. The number of benzene rings is 2. The number of ether oxygens (including phenoxy) is 1. The Labute approximate surface area is 271 Å². The van der Waals surface area contributed by atoms with Gasteiger partial charge in [0.05, 0.1) is 30.8 Å². The number of nitrogens with zero attached hydrogens (tertiary/aromatic N) is 5. The summed E-state index contributed by atoms with van der Waals surface area (Å²) >= 11 is 6.22. The van der Waals surface area contributed by atoms with Gasteiger partial charge >= 0.3 is 6.18 Å². The van der Waals surface area contributed by atoms with Gasteiger partial charge in [-0.05, 0) is 55.7 Å². The van der Waals surface area contributed by atoms with Crippen LogP contribution in [0.25, 0.3) is 16.8 Å². The topological polar surface area (TPSA) is 123 Å². The SMILES string of the molecule is CC[C@@H](C(=O)Nc1ccc(C(=O)NN2CCCCC2)c(F)c1)n1cc(OC)c(-c2cc(Cl)ccc2-n2cc(C(F)(F)F)nn2)cc1=O. The van der Waals surface area contributed by atoms with E-state index in [2.05, 4.69) is 21.1 Å². The van der Waals surface area contributed by atoms with Gasteiger partial charge in [0.15, 0.2) is 5.69 Å². The Morgan fingerprint density at radius 1 is 1.04 bits per heavy atom. The summed E-state index contributed by atoms with van der Waals surface area (Å²) in [5.74, 6) is -1.97. The highest BCUT2D eigenvalue weighted by Gasteiger charge is 2.35. The fourth-order valence-corrected chi connectivity index (χ4v) is 5.47. The number of anilines is 1. The normalized spacial score (nSPS) is 14.4. The Bertz CT molecular complexity index is 1850. The summed E-state index contributed by atoms with van der Waals surface area (Å²) in [5, 5.41) is 11.3. The molecule has 0 bridgehead atoms. The summed E-state index contributed by atoms with van der Waals surface area (Å²) in [4.78, 5) is 39.4. The second-order valence-corrected chi connectivity index (χ2v) is 11.2. The Kier molecular flexibility index (Phi) is 9.96. The second kappa shape index (κ2) is 13.9. The van der Waals surface area contributed by atoms with E-state index >= 15 is 0 Å². The van der Waals surface area contributed by atoms with Gasteiger partial charge in [-0.25, -0.2) is 14.1 Å². The first-order chi connectivity index (χ1) is 22.4. The smallest absolute Gasteiger partial charge is 0.436 e. The molecule has 1 fully saturated rings. The number of hydrogen-bond donors (Lipinski definition) is 2. The summed E-state index contributed by atoms with van der Waals surface area (Å²) in [5.41, 5.74) is 1.26. The molecular formula is C31H30ClF4N7O4. The van der Waals surface area contributed by atoms with E-state index in [0.717, 1.165) is 34.6 Å². The first-order valence-electron chi connectivity index (χ1n) is 14.7. The van der Waals surface area contributed by atoms with Crippen LogP contribution in [-0.4, -0.2) is 56.6 Å². The summed E-state index contributed by atoms with van der Waals surface area (Å²) in [6.45, 7) is 3.02. The average Bonchev–Trinajstić information content (AvgIpc) is 3.54. The quantitative estimate of drug-likeness (QED) is 0.220. The molecule has 0 saturated carbocycles. The molecule has 16 heteroatoms. The van der Waals surface area contributed by atoms with Crippen molar-refractivity contribution in [1.29, 1.82) is 0 Å². The highest BCUT2D eigenvalue weighted by molar-refractivity contribution is 6.31. The van der Waals surface area contributed by atoms with E-state index < -0.39 is 41.1 Å². The number of amides is 2. The van der Waals surface area contributed by atoms with E-state index in [4.69, 9.17) is 16.3 Å². The van der Waals surface area contributed by atoms with E-state index in [0.29, 0.717) is 19.3 Å². The molecule has 1 aliphatic rings. The van der Waals surface area contributed by atoms with Crippen LogP contribution in [0, 0.1) is 5.82 Å². The third kappa shape index (κ3) is 7.46. The number of halogens is 5. The molecule has 0 unspecified atom stereocenters. The standard InChI is InChI=1S/C31H30ClF4N7O4/c1-3-24(30(46)37-19-8-9-20(23(33)14-19)29(45)39-41-11-5-4-6-12-41)42-16-26(47-2)22(15-28(42)44)21-13-18(32)7-10-25(21)43-17-27(38-40-43)31(34,35)36/h7-10,13-17,24H,3-6,11-12H2,1-2H3,(H,37,46)(H,39,45)/t24-/m0/s1. The first-order valence-corrected chi connectivity index (χ1v) is 15.0. The van der Waals surface area contributed by atoms with Gasteiger partial charge in [-0.1, -0.05) is 30.2 Å². The fraction of sp³-hybridized carbons (Fsp3) is 0.323. The number of hydrazine groups is 1. The maximum atomic E-state index is 14.9. The lowest BCUT2D eigenvalue weighted by Crippen LogP contribution is -2.45. The van der Waals surface area contributed by atoms with Crippen molar-refractivity contribution in [2.24, 2.45) is 0 Å². The zero-order valence-corrected chi connectivity index (χ0v) is 26.0. The minimum atomic E-state index is -4.73. The molecule has 0 spiro atoms. The van der Waals surface area contributed by atoms with Crippen molar-refractivity contribution in [2.45, 2.75) is 44.8 Å². The number of methoxy groups -OCH3 is 1. The molecule has 1 saturated heterocycles. The van der Waals surface area contributed by atoms with Crippen LogP contribution < -0.4 is 21.0 Å². The Morgan fingerprint density at radius 2 is 1.79 bits per heavy atom. The molecule has 3 heterocycles. The minimum absolute atomic E-state index is 0.0757. The molecule has 2 aromatic heterocycles. The Morgan fingerprint density at radius 3 is 2.43 bits per heavy atom. The second-order valence-electron chi connectivity index (χ2n) is 10.8. The predicted molar refractivity (Wildman–Crippen MR) is 165 cm³/mol. The highest BCUT2D eigenvalue weighted by atomic mass is 35.5. The fourth-order valence-electron chi connectivity index (χ4n) is 5.30. The lowest BCUT2D eigenvalue weighted by Gasteiger charge is -2.26. The number of hydrogen-bond acceptors (Lipinski definition) is 7. The van der Waals surface area contributed by atoms with Crippen molar-refractivity contribution < 1.29 is 31.9 Å². The van der Waals surface area contributed by atoms with Crippen LogP contribution >= 0.6 is 11.6 Å². The summed E-state index contributed by atoms with van der Waals surface area (Å²) in [6.07, 6.45) is 0.352. The van der Waals surface area contributed by atoms with Crippen LogP contribution in [-0.2, 0) is 11.0 Å². The number of carbonyl (C=O) groups excluding carboxylic acids is 2. The Balaban J connectivity index is 1.41. The molecule has 1 aliphatic heterocycles. The van der Waals surface area contributed by atoms with Crippen molar-refractivity contribution in [2.75, 3.05) is 25.5 Å². The van der Waals surface area contributed by atoms with E-state index in [9.17, 15) is 31.9 Å². The molecule has 2 N–H and O–H groups in total. The Hall–Kier alpha value is -4.76. The number of nitrogens with one attached hydrogen (secondary N) is 2. The number of carbonyl (C=O) groups is 2. The van der Waals surface area contributed by atoms with E-state index in [1.54, 1.807) is 11.9 Å². The summed E-state index contributed by atoms with van der Waals surface area (Å²) in [6, 6.07) is 8.07. The van der Waals surface area contributed by atoms with Gasteiger partial charge in [-0.3, -0.25) is 24.4 Å². The van der Waals surface area contributed by atoms with E-state index in [1.165, 1.54) is 49.7 Å². The highest BCUT2D eigenvalue weighted by Crippen LogP contribution is 2.36. The maximum absolute atomic E-state index is 14.9. The third-order valence-corrected chi connectivity index (χ3v) is 7.90. The molecule has 2 amide bonds. The molecule has 5 rings (SSSR count). The van der Waals surface area contributed by atoms with Crippen LogP contribution in [0.4, 0.5) is 23.2 Å². The van der Waals surface area contributed by atoms with Crippen molar-refractivity contribution in [1.82, 2.24) is 30.0 Å². The van der Waals surface area contributed by atoms with Gasteiger partial charge in [0.25, 0.3) is 11.5 Å². The minimum Gasteiger partial charge on any atom is -0.495 e. The van der Waals surface area contributed by atoms with Crippen LogP contribution in [0.15, 0.2) is 59.7 Å². The number of aromatic nitrogens is 4. The van der Waals surface area contributed by atoms with Gasteiger partial charge < -0.3 is 10.1 Å². The van der Waals surface area contributed by atoms with Gasteiger partial charge in [0.1, 0.15) is 17.6 Å². The number of alkyl halides is 3. The molecule has 11 nitrogen and oxygen atoms in total. The van der Waals surface area contributed by atoms with Crippen molar-refractivity contribution >= 4 is 29.1 Å². The number of pyridine rings is 1. The van der Waals surface area contributed by atoms with Gasteiger partial charge in [0.2, 0.25) is 5.91 Å². The lowest BCUT2D eigenvalue weighted by atomic mass is 10.0. The summed E-state index contributed by atoms with van der Waals surface area (Å²) in [7, 11) is 1.32. The van der Waals surface area contributed by atoms with Gasteiger partial charge in [-0.15, -0.1) is 5.10 Å². The molecule has 248 valence electrons. The predicted octanol–water partition coefficient (Wildman–Crippen LogP) is 5.64. The molecule has 47 heavy (non-hydrogen) atoms. The number of rotatable bonds is 9. The number of piperidine rings is 1. The monoisotopic (exact) mass is 675 g/mol. The van der Waals surface area contributed by atoms with E-state index in [1.807, 2.05) is 0 Å². The molecule has 0 aliphatic carbocycles. The first kappa shape index (κ1) is 33.6. The van der Waals surface area contributed by atoms with Crippen LogP contribution in [0.1, 0.15) is 54.7 Å². The molecule has 2 aromatic carbocycles. The lowest BCUT2D eigenvalue weighted by molar-refractivity contribution is -0.141. The van der Waals surface area contributed by atoms with Crippen LogP contribution in [0.2, 0.25) is 5.02 Å². The zero-order valence-electron chi connectivity index (χ0n) is 25.3. The average molecular weight is 676 g/mol. The van der Waals surface area contributed by atoms with Gasteiger partial charge in [-0.2, -0.15) is 13.2 Å². The van der Waals surface area contributed by atoms with Crippen LogP contribution in [0.3, 0.4) is 0 Å². The summed E-state index contributed by atoms with van der Waals surface area (Å²) < 4.78 is 62.2. The maximum Gasteiger partial charge on any atom is 0.436 e. The van der Waals surface area contributed by atoms with Crippen LogP contribution in [0.5, 0.6) is 5.75 Å². The van der Waals surface area contributed by atoms with Crippen molar-refractivity contribution in [3.8, 4) is 22.6 Å². The van der Waals surface area contributed by atoms with Gasteiger partial charge in [0, 0.05) is 41.0 Å². The molecule has 0 radical (unpaired) electrons. The van der Waals surface area contributed by atoms with Crippen molar-refractivity contribution in [3.05, 3.63) is 87.3 Å².